The third kappa shape index (κ3) is 3.48. The van der Waals surface area contributed by atoms with Crippen LogP contribution in [0.1, 0.15) is 48.9 Å². The predicted octanol–water partition coefficient (Wildman–Crippen LogP) is 2.42. The summed E-state index contributed by atoms with van der Waals surface area (Å²) in [5.74, 6) is 1.06. The molecule has 0 saturated heterocycles. The highest BCUT2D eigenvalue weighted by Crippen LogP contribution is 2.55. The van der Waals surface area contributed by atoms with Gasteiger partial charge >= 0.3 is 5.97 Å². The standard InChI is InChI=1S/C19H23N3O5/c20-16-6-14(22(25)26)1-2-15(16)18(24)27-10-17(23)21-19-7-11-3-12(8-19)5-13(4-11)9-19/h1-2,6,11-13H,3-5,7-10,20H2,(H,21,23). The van der Waals surface area contributed by atoms with Crippen LogP contribution in [0.25, 0.3) is 0 Å². The van der Waals surface area contributed by atoms with Crippen molar-refractivity contribution in [2.75, 3.05) is 12.3 Å². The number of nitrogens with zero attached hydrogens (tertiary/aromatic N) is 1. The van der Waals surface area contributed by atoms with Crippen LogP contribution in [0.5, 0.6) is 0 Å². The SMILES string of the molecule is Nc1cc([N+](=O)[O-])ccc1C(=O)OCC(=O)NC12CC3CC(CC(C3)C1)C2. The number of benzene rings is 1. The van der Waals surface area contributed by atoms with E-state index in [2.05, 4.69) is 5.32 Å². The molecule has 1 amide bonds. The van der Waals surface area contributed by atoms with Crippen molar-refractivity contribution in [3.8, 4) is 0 Å². The van der Waals surface area contributed by atoms with Crippen LogP contribution in [-0.2, 0) is 9.53 Å². The molecule has 3 N–H and O–H groups in total. The van der Waals surface area contributed by atoms with Crippen molar-refractivity contribution in [1.29, 1.82) is 0 Å². The second kappa shape index (κ2) is 6.51. The summed E-state index contributed by atoms with van der Waals surface area (Å²) in [5.41, 5.74) is 5.33. The number of nitro benzene ring substituents is 1. The number of nitrogen functional groups attached to an aromatic ring is 1. The number of carbonyl (C=O) groups excluding carboxylic acids is 2. The molecule has 1 aromatic carbocycles. The highest BCUT2D eigenvalue weighted by Gasteiger charge is 2.51. The molecule has 8 nitrogen and oxygen atoms in total. The van der Waals surface area contributed by atoms with Gasteiger partial charge in [-0.05, 0) is 62.3 Å². The first-order valence-electron chi connectivity index (χ1n) is 9.35. The molecule has 4 fully saturated rings. The van der Waals surface area contributed by atoms with Crippen molar-refractivity contribution in [2.45, 2.75) is 44.1 Å². The minimum Gasteiger partial charge on any atom is -0.452 e. The zero-order chi connectivity index (χ0) is 19.2. The number of esters is 1. The van der Waals surface area contributed by atoms with Gasteiger partial charge < -0.3 is 15.8 Å². The number of ether oxygens (including phenoxy) is 1. The summed E-state index contributed by atoms with van der Waals surface area (Å²) < 4.78 is 5.08. The van der Waals surface area contributed by atoms with Crippen molar-refractivity contribution >= 4 is 23.3 Å². The fourth-order valence-corrected chi connectivity index (χ4v) is 5.65. The van der Waals surface area contributed by atoms with E-state index in [1.165, 1.54) is 31.4 Å². The number of nitrogens with two attached hydrogens (primary N) is 1. The molecule has 0 aromatic heterocycles. The van der Waals surface area contributed by atoms with Crippen molar-refractivity contribution in [3.05, 3.63) is 33.9 Å². The number of nitro groups is 1. The molecular weight excluding hydrogens is 350 g/mol. The van der Waals surface area contributed by atoms with Gasteiger partial charge in [0.2, 0.25) is 0 Å². The van der Waals surface area contributed by atoms with Gasteiger partial charge in [0.1, 0.15) is 0 Å². The number of anilines is 1. The zero-order valence-corrected chi connectivity index (χ0v) is 15.0. The lowest BCUT2D eigenvalue weighted by Gasteiger charge is -2.56. The van der Waals surface area contributed by atoms with E-state index in [1.807, 2.05) is 0 Å². The first-order chi connectivity index (χ1) is 12.8. The first-order valence-corrected chi connectivity index (χ1v) is 9.35. The number of carbonyl (C=O) groups is 2. The average molecular weight is 373 g/mol. The van der Waals surface area contributed by atoms with Crippen LogP contribution in [0, 0.1) is 27.9 Å². The van der Waals surface area contributed by atoms with Crippen LogP contribution in [-0.4, -0.2) is 28.9 Å². The quantitative estimate of drug-likeness (QED) is 0.353. The molecule has 0 radical (unpaired) electrons. The molecule has 0 unspecified atom stereocenters. The Morgan fingerprint density at radius 1 is 1.19 bits per heavy atom. The molecular formula is C19H23N3O5. The van der Waals surface area contributed by atoms with E-state index in [0.717, 1.165) is 25.3 Å². The van der Waals surface area contributed by atoms with Gasteiger partial charge in [-0.25, -0.2) is 4.79 Å². The number of amides is 1. The van der Waals surface area contributed by atoms with Crippen LogP contribution in [0.2, 0.25) is 0 Å². The van der Waals surface area contributed by atoms with Crippen molar-refractivity contribution < 1.29 is 19.2 Å². The third-order valence-electron chi connectivity index (χ3n) is 6.24. The summed E-state index contributed by atoms with van der Waals surface area (Å²) in [5, 5.41) is 13.9. The van der Waals surface area contributed by atoms with Gasteiger partial charge in [-0.15, -0.1) is 0 Å². The fraction of sp³-hybridized carbons (Fsp3) is 0.579. The molecule has 1 aromatic rings. The Bertz CT molecular complexity index is 771. The van der Waals surface area contributed by atoms with Crippen LogP contribution in [0.4, 0.5) is 11.4 Å². The highest BCUT2D eigenvalue weighted by molar-refractivity contribution is 5.96. The Hall–Kier alpha value is -2.64. The molecule has 144 valence electrons. The maximum absolute atomic E-state index is 12.4. The fourth-order valence-electron chi connectivity index (χ4n) is 5.65. The summed E-state index contributed by atoms with van der Waals surface area (Å²) in [6.45, 7) is -0.378. The van der Waals surface area contributed by atoms with Crippen LogP contribution >= 0.6 is 0 Å². The Kier molecular flexibility index (Phi) is 4.28. The molecule has 4 aliphatic carbocycles. The number of rotatable bonds is 5. The van der Waals surface area contributed by atoms with Gasteiger partial charge in [0, 0.05) is 17.7 Å². The summed E-state index contributed by atoms with van der Waals surface area (Å²) in [6.07, 6.45) is 6.91. The van der Waals surface area contributed by atoms with Crippen LogP contribution in [0.15, 0.2) is 18.2 Å². The molecule has 4 saturated carbocycles. The Balaban J connectivity index is 1.34. The molecule has 0 atom stereocenters. The van der Waals surface area contributed by atoms with E-state index in [-0.39, 0.29) is 35.0 Å². The van der Waals surface area contributed by atoms with E-state index in [9.17, 15) is 19.7 Å². The number of nitrogens with one attached hydrogen (secondary N) is 1. The molecule has 5 rings (SSSR count). The number of non-ortho nitro benzene ring substituents is 1. The third-order valence-corrected chi connectivity index (χ3v) is 6.24. The Morgan fingerprint density at radius 2 is 1.78 bits per heavy atom. The van der Waals surface area contributed by atoms with Gasteiger partial charge in [0.05, 0.1) is 16.2 Å². The summed E-state index contributed by atoms with van der Waals surface area (Å²) in [4.78, 5) is 34.7. The molecule has 0 heterocycles. The normalized spacial score (nSPS) is 30.7. The van der Waals surface area contributed by atoms with Crippen LogP contribution < -0.4 is 11.1 Å². The summed E-state index contributed by atoms with van der Waals surface area (Å²) in [6, 6.07) is 3.53. The van der Waals surface area contributed by atoms with Gasteiger partial charge in [-0.2, -0.15) is 0 Å². The lowest BCUT2D eigenvalue weighted by Crippen LogP contribution is -2.60. The predicted molar refractivity (Wildman–Crippen MR) is 96.8 cm³/mol. The van der Waals surface area contributed by atoms with Crippen molar-refractivity contribution in [3.63, 3.8) is 0 Å². The second-order valence-corrected chi connectivity index (χ2v) is 8.35. The number of hydrogen-bond acceptors (Lipinski definition) is 6. The van der Waals surface area contributed by atoms with Gasteiger partial charge in [0.15, 0.2) is 6.61 Å². The Labute approximate surface area is 156 Å². The average Bonchev–Trinajstić information content (AvgIpc) is 2.57. The van der Waals surface area contributed by atoms with Crippen LogP contribution in [0.3, 0.4) is 0 Å². The van der Waals surface area contributed by atoms with E-state index in [1.54, 1.807) is 0 Å². The molecule has 0 aliphatic heterocycles. The van der Waals surface area contributed by atoms with Crippen molar-refractivity contribution in [1.82, 2.24) is 5.32 Å². The minimum absolute atomic E-state index is 0.0169. The minimum atomic E-state index is -0.761. The second-order valence-electron chi connectivity index (χ2n) is 8.35. The summed E-state index contributed by atoms with van der Waals surface area (Å²) in [7, 11) is 0. The lowest BCUT2D eigenvalue weighted by atomic mass is 9.53. The van der Waals surface area contributed by atoms with Crippen molar-refractivity contribution in [2.24, 2.45) is 17.8 Å². The molecule has 0 spiro atoms. The lowest BCUT2D eigenvalue weighted by molar-refractivity contribution is -0.384. The maximum atomic E-state index is 12.4. The molecule has 27 heavy (non-hydrogen) atoms. The van der Waals surface area contributed by atoms with E-state index in [0.29, 0.717) is 17.8 Å². The topological polar surface area (TPSA) is 125 Å². The maximum Gasteiger partial charge on any atom is 0.340 e. The Morgan fingerprint density at radius 3 is 2.30 bits per heavy atom. The largest absolute Gasteiger partial charge is 0.452 e. The highest BCUT2D eigenvalue weighted by atomic mass is 16.6. The molecule has 4 aliphatic rings. The van der Waals surface area contributed by atoms with Gasteiger partial charge in [-0.3, -0.25) is 14.9 Å². The first kappa shape index (κ1) is 17.8. The zero-order valence-electron chi connectivity index (χ0n) is 15.0. The smallest absolute Gasteiger partial charge is 0.340 e. The summed E-state index contributed by atoms with van der Waals surface area (Å²) >= 11 is 0. The van der Waals surface area contributed by atoms with E-state index < -0.39 is 10.9 Å². The van der Waals surface area contributed by atoms with Gasteiger partial charge in [0.25, 0.3) is 11.6 Å². The van der Waals surface area contributed by atoms with E-state index in [4.69, 9.17) is 10.5 Å². The molecule has 4 bridgehead atoms. The van der Waals surface area contributed by atoms with E-state index >= 15 is 0 Å². The molecule has 8 heteroatoms. The monoisotopic (exact) mass is 373 g/mol. The number of hydrogen-bond donors (Lipinski definition) is 2. The van der Waals surface area contributed by atoms with Gasteiger partial charge in [-0.1, -0.05) is 0 Å².